The van der Waals surface area contributed by atoms with E-state index >= 15 is 0 Å². The molecule has 0 bridgehead atoms. The van der Waals surface area contributed by atoms with Crippen molar-refractivity contribution in [3.05, 3.63) is 169 Å². The van der Waals surface area contributed by atoms with Crippen LogP contribution >= 0.6 is 0 Å². The first-order valence-corrected chi connectivity index (χ1v) is 15.5. The molecule has 0 saturated carbocycles. The largest absolute Gasteiger partial charge is 0.309 e. The predicted octanol–water partition coefficient (Wildman–Crippen LogP) is 11.1. The molecule has 0 unspecified atom stereocenters. The van der Waals surface area contributed by atoms with Crippen LogP contribution in [0.2, 0.25) is 0 Å². The summed E-state index contributed by atoms with van der Waals surface area (Å²) in [6, 6.07) is 60.3. The molecule has 0 aliphatic carbocycles. The molecule has 2 aromatic heterocycles. The molecule has 9 aromatic rings. The number of nitrogens with zero attached hydrogens (tertiary/aromatic N) is 3. The number of benzene rings is 7. The third-order valence-corrected chi connectivity index (χ3v) is 9.14. The molecule has 0 fully saturated rings. The summed E-state index contributed by atoms with van der Waals surface area (Å²) in [5.41, 5.74) is 12.3. The number of hydrogen-bond donors (Lipinski definition) is 0. The molecular formula is C43H27N3. The third kappa shape index (κ3) is 4.05. The first-order chi connectivity index (χ1) is 22.8. The molecule has 0 aliphatic heterocycles. The molecule has 0 aliphatic rings. The Balaban J connectivity index is 1.15. The summed E-state index contributed by atoms with van der Waals surface area (Å²) in [5, 5.41) is 14.2. The van der Waals surface area contributed by atoms with Crippen molar-refractivity contribution >= 4 is 43.6 Å². The maximum atomic E-state index is 9.51. The molecule has 0 spiro atoms. The molecule has 0 radical (unpaired) electrons. The van der Waals surface area contributed by atoms with Gasteiger partial charge in [0.1, 0.15) is 0 Å². The van der Waals surface area contributed by atoms with Gasteiger partial charge in [-0.1, -0.05) is 97.1 Å². The van der Waals surface area contributed by atoms with Gasteiger partial charge in [-0.3, -0.25) is 0 Å². The number of nitriles is 1. The first kappa shape index (κ1) is 26.1. The average molecular weight is 586 g/mol. The van der Waals surface area contributed by atoms with Crippen LogP contribution in [0.25, 0.3) is 77.2 Å². The van der Waals surface area contributed by atoms with Gasteiger partial charge >= 0.3 is 0 Å². The number of para-hydroxylation sites is 2. The van der Waals surface area contributed by atoms with Gasteiger partial charge in [0.05, 0.1) is 33.7 Å². The summed E-state index contributed by atoms with van der Waals surface area (Å²) in [5.74, 6) is 0. The van der Waals surface area contributed by atoms with E-state index in [1.807, 2.05) is 12.1 Å². The highest BCUT2D eigenvalue weighted by Gasteiger charge is 2.15. The monoisotopic (exact) mass is 585 g/mol. The second-order valence-electron chi connectivity index (χ2n) is 11.7. The van der Waals surface area contributed by atoms with Gasteiger partial charge in [0, 0.05) is 32.9 Å². The summed E-state index contributed by atoms with van der Waals surface area (Å²) < 4.78 is 4.67. The summed E-state index contributed by atoms with van der Waals surface area (Å²) in [6.45, 7) is 0. The molecule has 3 nitrogen and oxygen atoms in total. The van der Waals surface area contributed by atoms with E-state index in [4.69, 9.17) is 0 Å². The maximum Gasteiger partial charge on any atom is 0.0991 e. The van der Waals surface area contributed by atoms with E-state index in [-0.39, 0.29) is 0 Å². The first-order valence-electron chi connectivity index (χ1n) is 15.5. The van der Waals surface area contributed by atoms with Crippen molar-refractivity contribution in [3.8, 4) is 39.7 Å². The molecular weight excluding hydrogens is 558 g/mol. The van der Waals surface area contributed by atoms with E-state index in [1.54, 1.807) is 0 Å². The molecule has 2 heterocycles. The van der Waals surface area contributed by atoms with Crippen LogP contribution in [-0.4, -0.2) is 9.13 Å². The van der Waals surface area contributed by atoms with Gasteiger partial charge in [-0.25, -0.2) is 0 Å². The van der Waals surface area contributed by atoms with Crippen LogP contribution in [-0.2, 0) is 0 Å². The highest BCUT2D eigenvalue weighted by molar-refractivity contribution is 6.11. The number of hydrogen-bond acceptors (Lipinski definition) is 1. The molecule has 0 atom stereocenters. The average Bonchev–Trinajstić information content (AvgIpc) is 3.64. The lowest BCUT2D eigenvalue weighted by Gasteiger charge is -2.11. The predicted molar refractivity (Wildman–Crippen MR) is 191 cm³/mol. The minimum atomic E-state index is 0.673. The number of aromatic nitrogens is 2. The molecule has 0 saturated heterocycles. The van der Waals surface area contributed by atoms with Gasteiger partial charge in [-0.15, -0.1) is 0 Å². The minimum Gasteiger partial charge on any atom is -0.309 e. The molecule has 0 amide bonds. The molecule has 46 heavy (non-hydrogen) atoms. The van der Waals surface area contributed by atoms with E-state index < -0.39 is 0 Å². The topological polar surface area (TPSA) is 33.6 Å². The lowest BCUT2D eigenvalue weighted by Crippen LogP contribution is -1.94. The standard InChI is InChI=1S/C43H27N3/c44-28-29-17-23-42-38(25-29)36-13-4-6-15-40(36)45(42)34-21-18-31(19-22-34)33-20-24-43-39(27-33)37-14-5-7-16-41(37)46(43)35-12-8-11-32(26-35)30-9-2-1-3-10-30/h1-27H. The smallest absolute Gasteiger partial charge is 0.0991 e. The van der Waals surface area contributed by atoms with Crippen LogP contribution in [0.1, 0.15) is 5.56 Å². The molecule has 3 heteroatoms. The van der Waals surface area contributed by atoms with Crippen molar-refractivity contribution in [1.29, 1.82) is 5.26 Å². The summed E-state index contributed by atoms with van der Waals surface area (Å²) in [4.78, 5) is 0. The Labute approximate surface area is 266 Å². The fraction of sp³-hybridized carbons (Fsp3) is 0. The minimum absolute atomic E-state index is 0.673. The Morgan fingerprint density at radius 1 is 0.348 bits per heavy atom. The summed E-state index contributed by atoms with van der Waals surface area (Å²) in [6.07, 6.45) is 0. The van der Waals surface area contributed by atoms with Crippen LogP contribution in [0.4, 0.5) is 0 Å². The van der Waals surface area contributed by atoms with Crippen LogP contribution < -0.4 is 0 Å². The van der Waals surface area contributed by atoms with E-state index in [9.17, 15) is 5.26 Å². The second-order valence-corrected chi connectivity index (χ2v) is 11.7. The Morgan fingerprint density at radius 2 is 0.870 bits per heavy atom. The Kier molecular flexibility index (Phi) is 5.88. The quantitative estimate of drug-likeness (QED) is 0.202. The fourth-order valence-corrected chi connectivity index (χ4v) is 7.01. The number of rotatable bonds is 4. The van der Waals surface area contributed by atoms with Crippen LogP contribution in [0.5, 0.6) is 0 Å². The summed E-state index contributed by atoms with van der Waals surface area (Å²) in [7, 11) is 0. The molecule has 214 valence electrons. The highest BCUT2D eigenvalue weighted by Crippen LogP contribution is 2.37. The van der Waals surface area contributed by atoms with E-state index in [0.29, 0.717) is 5.56 Å². The SMILES string of the molecule is N#Cc1ccc2c(c1)c1ccccc1n2-c1ccc(-c2ccc3c(c2)c2ccccc2n3-c2cccc(-c3ccccc3)c2)cc1. The molecule has 0 N–H and O–H groups in total. The summed E-state index contributed by atoms with van der Waals surface area (Å²) >= 11 is 0. The van der Waals surface area contributed by atoms with Crippen LogP contribution in [0.15, 0.2) is 164 Å². The molecule has 7 aromatic carbocycles. The lowest BCUT2D eigenvalue weighted by molar-refractivity contribution is 1.18. The van der Waals surface area contributed by atoms with Crippen LogP contribution in [0, 0.1) is 11.3 Å². The third-order valence-electron chi connectivity index (χ3n) is 9.14. The lowest BCUT2D eigenvalue weighted by atomic mass is 10.0. The van der Waals surface area contributed by atoms with E-state index in [2.05, 4.69) is 167 Å². The fourth-order valence-electron chi connectivity index (χ4n) is 7.01. The van der Waals surface area contributed by atoms with Crippen molar-refractivity contribution in [3.63, 3.8) is 0 Å². The van der Waals surface area contributed by atoms with Gasteiger partial charge in [0.2, 0.25) is 0 Å². The second kappa shape index (κ2) is 10.4. The van der Waals surface area contributed by atoms with Crippen LogP contribution in [0.3, 0.4) is 0 Å². The van der Waals surface area contributed by atoms with Gasteiger partial charge in [0.25, 0.3) is 0 Å². The van der Waals surface area contributed by atoms with Crippen molar-refractivity contribution in [2.75, 3.05) is 0 Å². The Morgan fingerprint density at radius 3 is 1.59 bits per heavy atom. The van der Waals surface area contributed by atoms with Crippen molar-refractivity contribution in [2.45, 2.75) is 0 Å². The van der Waals surface area contributed by atoms with Gasteiger partial charge in [-0.2, -0.15) is 5.26 Å². The van der Waals surface area contributed by atoms with Crippen molar-refractivity contribution in [2.24, 2.45) is 0 Å². The molecule has 9 rings (SSSR count). The zero-order chi connectivity index (χ0) is 30.6. The number of fused-ring (bicyclic) bond motifs is 6. The van der Waals surface area contributed by atoms with Gasteiger partial charge < -0.3 is 9.13 Å². The Hall–Kier alpha value is -6.37. The van der Waals surface area contributed by atoms with Gasteiger partial charge in [0.15, 0.2) is 0 Å². The normalized spacial score (nSPS) is 11.5. The van der Waals surface area contributed by atoms with E-state index in [0.717, 1.165) is 33.2 Å². The van der Waals surface area contributed by atoms with Crippen molar-refractivity contribution < 1.29 is 0 Å². The zero-order valence-electron chi connectivity index (χ0n) is 24.9. The highest BCUT2D eigenvalue weighted by atomic mass is 15.0. The Bertz CT molecular complexity index is 2630. The van der Waals surface area contributed by atoms with Gasteiger partial charge in [-0.05, 0) is 89.0 Å². The van der Waals surface area contributed by atoms with Crippen molar-refractivity contribution in [1.82, 2.24) is 9.13 Å². The van der Waals surface area contributed by atoms with E-state index in [1.165, 1.54) is 44.1 Å². The maximum absolute atomic E-state index is 9.51. The zero-order valence-corrected chi connectivity index (χ0v) is 24.9.